The quantitative estimate of drug-likeness (QED) is 0.513. The first-order chi connectivity index (χ1) is 10.4. The van der Waals surface area contributed by atoms with Crippen LogP contribution >= 0.6 is 0 Å². The number of rotatable bonds is 4. The van der Waals surface area contributed by atoms with Crippen LogP contribution in [-0.4, -0.2) is 19.7 Å². The molecule has 0 radical (unpaired) electrons. The van der Waals surface area contributed by atoms with E-state index in [-0.39, 0.29) is 11.3 Å². The molecule has 1 aromatic rings. The number of hydrogen-bond acceptors (Lipinski definition) is 5. The molecule has 0 fully saturated rings. The van der Waals surface area contributed by atoms with Gasteiger partial charge in [-0.3, -0.25) is 5.73 Å². The average molecular weight is 351 g/mol. The monoisotopic (exact) mass is 351 g/mol. The minimum atomic E-state index is -5.70. The smallest absolute Gasteiger partial charge is 0.474 e. The summed E-state index contributed by atoms with van der Waals surface area (Å²) in [6.45, 7) is 3.30. The number of aryl methyl sites for hydroxylation is 1. The lowest BCUT2D eigenvalue weighted by Gasteiger charge is -2.23. The second-order valence-electron chi connectivity index (χ2n) is 5.61. The average Bonchev–Trinajstić information content (AvgIpc) is 2.35. The first kappa shape index (κ1) is 17.6. The van der Waals surface area contributed by atoms with Crippen LogP contribution in [0.2, 0.25) is 0 Å². The summed E-state index contributed by atoms with van der Waals surface area (Å²) in [5, 5.41) is 0. The first-order valence-electron chi connectivity index (χ1n) is 6.71. The van der Waals surface area contributed by atoms with E-state index in [1.165, 1.54) is 18.2 Å². The standard InChI is InChI=1S/C14H16F3NO4S/c1-13(2,18)21-10-6-7-11-9(8-10)4-3-5-12(11)22-23(19,20)14(15,16)17/h5-8H,3-4,18H2,1-2H3. The van der Waals surface area contributed by atoms with E-state index in [0.717, 1.165) is 0 Å². The van der Waals surface area contributed by atoms with E-state index in [1.807, 2.05) is 0 Å². The van der Waals surface area contributed by atoms with Crippen molar-refractivity contribution in [1.29, 1.82) is 0 Å². The van der Waals surface area contributed by atoms with E-state index in [2.05, 4.69) is 4.18 Å². The molecule has 0 bridgehead atoms. The number of halogens is 3. The van der Waals surface area contributed by atoms with Gasteiger partial charge in [0.1, 0.15) is 11.5 Å². The van der Waals surface area contributed by atoms with E-state index in [4.69, 9.17) is 10.5 Å². The molecule has 23 heavy (non-hydrogen) atoms. The van der Waals surface area contributed by atoms with Crippen LogP contribution in [0.15, 0.2) is 24.3 Å². The summed E-state index contributed by atoms with van der Waals surface area (Å²) in [6.07, 6.45) is 2.20. The highest BCUT2D eigenvalue weighted by Crippen LogP contribution is 2.35. The Labute approximate surface area is 132 Å². The van der Waals surface area contributed by atoms with Gasteiger partial charge in [0.15, 0.2) is 5.72 Å². The van der Waals surface area contributed by atoms with E-state index in [1.54, 1.807) is 19.9 Å². The first-order valence-corrected chi connectivity index (χ1v) is 8.12. The molecule has 0 saturated heterocycles. The van der Waals surface area contributed by atoms with E-state index in [0.29, 0.717) is 24.2 Å². The molecule has 2 N–H and O–H groups in total. The third kappa shape index (κ3) is 4.17. The largest absolute Gasteiger partial charge is 0.534 e. The van der Waals surface area contributed by atoms with Crippen LogP contribution in [0.1, 0.15) is 31.4 Å². The molecule has 0 heterocycles. The Bertz CT molecular complexity index is 733. The lowest BCUT2D eigenvalue weighted by atomic mass is 9.96. The molecule has 1 aromatic carbocycles. The fourth-order valence-corrected chi connectivity index (χ4v) is 2.59. The van der Waals surface area contributed by atoms with Gasteiger partial charge in [-0.15, -0.1) is 0 Å². The van der Waals surface area contributed by atoms with Crippen molar-refractivity contribution in [2.24, 2.45) is 5.73 Å². The fourth-order valence-electron chi connectivity index (χ4n) is 2.10. The lowest BCUT2D eigenvalue weighted by molar-refractivity contribution is -0.0509. The van der Waals surface area contributed by atoms with Crippen LogP contribution in [0.3, 0.4) is 0 Å². The second-order valence-corrected chi connectivity index (χ2v) is 7.15. The highest BCUT2D eigenvalue weighted by Gasteiger charge is 2.49. The van der Waals surface area contributed by atoms with Gasteiger partial charge in [0.05, 0.1) is 0 Å². The van der Waals surface area contributed by atoms with Gasteiger partial charge in [0, 0.05) is 5.56 Å². The van der Waals surface area contributed by atoms with Crippen molar-refractivity contribution in [2.75, 3.05) is 0 Å². The molecule has 0 atom stereocenters. The molecule has 0 aliphatic heterocycles. The summed E-state index contributed by atoms with van der Waals surface area (Å²) >= 11 is 0. The number of fused-ring (bicyclic) bond motifs is 1. The normalized spacial score (nSPS) is 15.7. The zero-order chi connectivity index (χ0) is 17.5. The Morgan fingerprint density at radius 2 is 1.87 bits per heavy atom. The number of hydrogen-bond donors (Lipinski definition) is 1. The second kappa shape index (κ2) is 5.72. The highest BCUT2D eigenvalue weighted by molar-refractivity contribution is 7.87. The van der Waals surface area contributed by atoms with Gasteiger partial charge in [-0.25, -0.2) is 0 Å². The summed E-state index contributed by atoms with van der Waals surface area (Å²) < 4.78 is 69.4. The van der Waals surface area contributed by atoms with Gasteiger partial charge in [-0.1, -0.05) is 0 Å². The predicted octanol–water partition coefficient (Wildman–Crippen LogP) is 2.91. The molecule has 9 heteroatoms. The Morgan fingerprint density at radius 1 is 1.22 bits per heavy atom. The summed E-state index contributed by atoms with van der Waals surface area (Å²) in [5.74, 6) is 0.110. The SMILES string of the molecule is CC(C)(N)Oc1ccc2c(c1)CCC=C2OS(=O)(=O)C(F)(F)F. The Balaban J connectivity index is 2.31. The highest BCUT2D eigenvalue weighted by atomic mass is 32.2. The van der Waals surface area contributed by atoms with Crippen molar-refractivity contribution in [3.63, 3.8) is 0 Å². The summed E-state index contributed by atoms with van der Waals surface area (Å²) in [6, 6.07) is 4.56. The van der Waals surface area contributed by atoms with Crippen molar-refractivity contribution >= 4 is 15.9 Å². The molecule has 128 valence electrons. The molecule has 0 saturated carbocycles. The fraction of sp³-hybridized carbons (Fsp3) is 0.429. The van der Waals surface area contributed by atoms with Crippen molar-refractivity contribution in [3.05, 3.63) is 35.4 Å². The van der Waals surface area contributed by atoms with E-state index in [9.17, 15) is 21.6 Å². The Hall–Kier alpha value is -1.74. The van der Waals surface area contributed by atoms with Crippen LogP contribution in [0, 0.1) is 0 Å². The number of alkyl halides is 3. The molecule has 0 spiro atoms. The van der Waals surface area contributed by atoms with Crippen molar-refractivity contribution in [3.8, 4) is 5.75 Å². The third-order valence-corrected chi connectivity index (χ3v) is 3.92. The van der Waals surface area contributed by atoms with Gasteiger partial charge in [0.25, 0.3) is 0 Å². The van der Waals surface area contributed by atoms with Crippen LogP contribution in [0.5, 0.6) is 5.75 Å². The molecular formula is C14H16F3NO4S. The molecule has 0 unspecified atom stereocenters. The van der Waals surface area contributed by atoms with Crippen LogP contribution in [0.4, 0.5) is 13.2 Å². The summed E-state index contributed by atoms with van der Waals surface area (Å²) in [7, 11) is -5.70. The number of benzene rings is 1. The van der Waals surface area contributed by atoms with E-state index >= 15 is 0 Å². The predicted molar refractivity (Wildman–Crippen MR) is 77.7 cm³/mol. The van der Waals surface area contributed by atoms with Crippen LogP contribution < -0.4 is 10.5 Å². The third-order valence-electron chi connectivity index (χ3n) is 2.95. The molecule has 1 aliphatic rings. The Kier molecular flexibility index (Phi) is 4.38. The van der Waals surface area contributed by atoms with Gasteiger partial charge in [0.2, 0.25) is 0 Å². The van der Waals surface area contributed by atoms with Crippen molar-refractivity contribution in [2.45, 2.75) is 37.9 Å². The summed E-state index contributed by atoms with van der Waals surface area (Å²) in [5.41, 5.74) is 0.256. The van der Waals surface area contributed by atoms with Gasteiger partial charge in [-0.2, -0.15) is 21.6 Å². The van der Waals surface area contributed by atoms with E-state index < -0.39 is 21.4 Å². The van der Waals surface area contributed by atoms with Crippen LogP contribution in [-0.2, 0) is 20.7 Å². The van der Waals surface area contributed by atoms with Crippen molar-refractivity contribution in [1.82, 2.24) is 0 Å². The number of allylic oxidation sites excluding steroid dienone is 1. The molecule has 1 aliphatic carbocycles. The zero-order valence-corrected chi connectivity index (χ0v) is 13.3. The minimum absolute atomic E-state index is 0.284. The maximum Gasteiger partial charge on any atom is 0.534 e. The van der Waals surface area contributed by atoms with Crippen LogP contribution in [0.25, 0.3) is 5.76 Å². The maximum absolute atomic E-state index is 12.4. The molecule has 5 nitrogen and oxygen atoms in total. The lowest BCUT2D eigenvalue weighted by Crippen LogP contribution is -2.38. The Morgan fingerprint density at radius 3 is 2.43 bits per heavy atom. The zero-order valence-electron chi connectivity index (χ0n) is 12.5. The molecule has 0 amide bonds. The van der Waals surface area contributed by atoms with Gasteiger partial charge in [-0.05, 0) is 56.5 Å². The minimum Gasteiger partial charge on any atom is -0.474 e. The van der Waals surface area contributed by atoms with Gasteiger partial charge >= 0.3 is 15.6 Å². The number of ether oxygens (including phenoxy) is 1. The van der Waals surface area contributed by atoms with Crippen molar-refractivity contribution < 1.29 is 30.5 Å². The number of nitrogens with two attached hydrogens (primary N) is 1. The topological polar surface area (TPSA) is 78.6 Å². The molecule has 2 rings (SSSR count). The molecule has 0 aromatic heterocycles. The maximum atomic E-state index is 12.4. The molecular weight excluding hydrogens is 335 g/mol. The van der Waals surface area contributed by atoms with Gasteiger partial charge < -0.3 is 8.92 Å². The summed E-state index contributed by atoms with van der Waals surface area (Å²) in [4.78, 5) is 0.